The monoisotopic (exact) mass is 309 g/mol. The molecule has 0 aliphatic rings. The average molecular weight is 309 g/mol. The number of methoxy groups -OCH3 is 1. The summed E-state index contributed by atoms with van der Waals surface area (Å²) in [6.07, 6.45) is -0.459. The Morgan fingerprint density at radius 3 is 2.18 bits per heavy atom. The summed E-state index contributed by atoms with van der Waals surface area (Å²) in [6, 6.07) is 8.43. The van der Waals surface area contributed by atoms with E-state index in [1.165, 1.54) is 5.56 Å². The van der Waals surface area contributed by atoms with Crippen molar-refractivity contribution in [2.45, 2.75) is 46.4 Å². The Labute approximate surface area is 135 Å². The van der Waals surface area contributed by atoms with E-state index in [1.54, 1.807) is 7.11 Å². The molecule has 126 valence electrons. The van der Waals surface area contributed by atoms with E-state index in [-0.39, 0.29) is 0 Å². The van der Waals surface area contributed by atoms with Gasteiger partial charge in [-0.15, -0.1) is 0 Å². The molecule has 0 aliphatic carbocycles. The summed E-state index contributed by atoms with van der Waals surface area (Å²) in [5.74, 6) is 1.36. The number of aliphatic hydroxyl groups is 1. The Morgan fingerprint density at radius 1 is 1.05 bits per heavy atom. The van der Waals surface area contributed by atoms with Crippen LogP contribution in [0.1, 0.15) is 33.3 Å². The van der Waals surface area contributed by atoms with Crippen LogP contribution in [0.25, 0.3) is 0 Å². The van der Waals surface area contributed by atoms with E-state index in [1.807, 2.05) is 12.1 Å². The Kier molecular flexibility index (Phi) is 8.46. The molecule has 0 saturated carbocycles. The van der Waals surface area contributed by atoms with Gasteiger partial charge in [0.05, 0.1) is 19.8 Å². The van der Waals surface area contributed by atoms with Crippen LogP contribution in [0.2, 0.25) is 0 Å². The molecule has 4 nitrogen and oxygen atoms in total. The second-order valence-electron chi connectivity index (χ2n) is 6.46. The summed E-state index contributed by atoms with van der Waals surface area (Å²) in [5.41, 5.74) is 1.21. The summed E-state index contributed by atoms with van der Waals surface area (Å²) in [7, 11) is 1.67. The van der Waals surface area contributed by atoms with E-state index in [2.05, 4.69) is 44.7 Å². The summed E-state index contributed by atoms with van der Waals surface area (Å²) in [6.45, 7) is 11.0. The highest BCUT2D eigenvalue weighted by atomic mass is 16.5. The first-order valence-corrected chi connectivity index (χ1v) is 8.05. The number of nitrogens with zero attached hydrogens (tertiary/aromatic N) is 1. The average Bonchev–Trinajstić information content (AvgIpc) is 2.46. The number of hydrogen-bond donors (Lipinski definition) is 1. The molecule has 4 heteroatoms. The first-order chi connectivity index (χ1) is 10.4. The molecule has 1 unspecified atom stereocenters. The van der Waals surface area contributed by atoms with Gasteiger partial charge in [-0.3, -0.25) is 4.90 Å². The summed E-state index contributed by atoms with van der Waals surface area (Å²) < 4.78 is 10.7. The molecule has 0 heterocycles. The van der Waals surface area contributed by atoms with Crippen LogP contribution < -0.4 is 4.74 Å². The van der Waals surface area contributed by atoms with Crippen molar-refractivity contribution in [2.24, 2.45) is 5.92 Å². The van der Waals surface area contributed by atoms with E-state index in [0.717, 1.165) is 12.3 Å². The van der Waals surface area contributed by atoms with Crippen LogP contribution in [0.4, 0.5) is 0 Å². The quantitative estimate of drug-likeness (QED) is 0.721. The lowest BCUT2D eigenvalue weighted by molar-refractivity contribution is 0.00174. The third kappa shape index (κ3) is 7.25. The highest BCUT2D eigenvalue weighted by Crippen LogP contribution is 2.14. The maximum Gasteiger partial charge on any atom is 0.118 e. The van der Waals surface area contributed by atoms with Crippen molar-refractivity contribution < 1.29 is 14.6 Å². The molecule has 0 spiro atoms. The molecule has 0 aliphatic heterocycles. The Balaban J connectivity index is 2.50. The topological polar surface area (TPSA) is 41.9 Å². The third-order valence-electron chi connectivity index (χ3n) is 3.48. The summed E-state index contributed by atoms with van der Waals surface area (Å²) in [5, 5.41) is 10.2. The first kappa shape index (κ1) is 18.9. The predicted octanol–water partition coefficient (Wildman–Crippen LogP) is 2.94. The van der Waals surface area contributed by atoms with Crippen molar-refractivity contribution in [2.75, 3.05) is 26.9 Å². The van der Waals surface area contributed by atoms with Gasteiger partial charge in [-0.2, -0.15) is 0 Å². The van der Waals surface area contributed by atoms with Crippen molar-refractivity contribution in [1.82, 2.24) is 4.90 Å². The van der Waals surface area contributed by atoms with Gasteiger partial charge in [0.25, 0.3) is 0 Å². The summed E-state index contributed by atoms with van der Waals surface area (Å²) >= 11 is 0. The van der Waals surface area contributed by atoms with Crippen LogP contribution in [-0.4, -0.2) is 49.0 Å². The lowest BCUT2D eigenvalue weighted by Crippen LogP contribution is -2.39. The number of aliphatic hydroxyl groups excluding tert-OH is 1. The van der Waals surface area contributed by atoms with Crippen LogP contribution >= 0.6 is 0 Å². The van der Waals surface area contributed by atoms with Crippen LogP contribution in [-0.2, 0) is 11.3 Å². The van der Waals surface area contributed by atoms with Crippen molar-refractivity contribution in [3.8, 4) is 5.75 Å². The van der Waals surface area contributed by atoms with E-state index < -0.39 is 6.10 Å². The zero-order chi connectivity index (χ0) is 16.5. The minimum absolute atomic E-state index is 0.363. The van der Waals surface area contributed by atoms with E-state index in [9.17, 15) is 5.11 Å². The molecular formula is C18H31NO3. The van der Waals surface area contributed by atoms with Crippen molar-refractivity contribution in [1.29, 1.82) is 0 Å². The molecule has 0 saturated heterocycles. The van der Waals surface area contributed by atoms with E-state index in [0.29, 0.717) is 31.7 Å². The second-order valence-corrected chi connectivity index (χ2v) is 6.46. The zero-order valence-electron chi connectivity index (χ0n) is 14.6. The largest absolute Gasteiger partial charge is 0.497 e. The normalized spacial score (nSPS) is 13.1. The fourth-order valence-corrected chi connectivity index (χ4v) is 2.19. The highest BCUT2D eigenvalue weighted by Gasteiger charge is 2.15. The smallest absolute Gasteiger partial charge is 0.118 e. The molecule has 0 amide bonds. The van der Waals surface area contributed by atoms with Crippen molar-refractivity contribution in [3.05, 3.63) is 29.8 Å². The van der Waals surface area contributed by atoms with Crippen LogP contribution in [0.3, 0.4) is 0 Å². The standard InChI is InChI=1S/C18H31NO3/c1-14(2)12-22-13-17(20)11-19(15(3)4)10-16-6-8-18(21-5)9-7-16/h6-9,14-15,17,20H,10-13H2,1-5H3. The molecule has 0 aromatic heterocycles. The van der Waals surface area contributed by atoms with Gasteiger partial charge in [0.15, 0.2) is 0 Å². The van der Waals surface area contributed by atoms with Crippen LogP contribution in [0, 0.1) is 5.92 Å². The van der Waals surface area contributed by atoms with E-state index in [4.69, 9.17) is 9.47 Å². The lowest BCUT2D eigenvalue weighted by Gasteiger charge is -2.29. The summed E-state index contributed by atoms with van der Waals surface area (Å²) in [4.78, 5) is 2.26. The van der Waals surface area contributed by atoms with Gasteiger partial charge in [0, 0.05) is 25.7 Å². The number of benzene rings is 1. The van der Waals surface area contributed by atoms with Gasteiger partial charge in [0.1, 0.15) is 5.75 Å². The fourth-order valence-electron chi connectivity index (χ4n) is 2.19. The van der Waals surface area contributed by atoms with Crippen molar-refractivity contribution in [3.63, 3.8) is 0 Å². The number of hydrogen-bond acceptors (Lipinski definition) is 4. The molecular weight excluding hydrogens is 278 g/mol. The molecule has 22 heavy (non-hydrogen) atoms. The first-order valence-electron chi connectivity index (χ1n) is 8.05. The van der Waals surface area contributed by atoms with Gasteiger partial charge in [-0.25, -0.2) is 0 Å². The predicted molar refractivity (Wildman–Crippen MR) is 90.2 cm³/mol. The zero-order valence-corrected chi connectivity index (χ0v) is 14.6. The van der Waals surface area contributed by atoms with Gasteiger partial charge in [-0.1, -0.05) is 26.0 Å². The van der Waals surface area contributed by atoms with Crippen LogP contribution in [0.5, 0.6) is 5.75 Å². The van der Waals surface area contributed by atoms with Gasteiger partial charge in [0.2, 0.25) is 0 Å². The maximum atomic E-state index is 10.2. The second kappa shape index (κ2) is 9.82. The van der Waals surface area contributed by atoms with Gasteiger partial charge in [-0.05, 0) is 37.5 Å². The number of rotatable bonds is 10. The Morgan fingerprint density at radius 2 is 1.68 bits per heavy atom. The van der Waals surface area contributed by atoms with Gasteiger partial charge < -0.3 is 14.6 Å². The number of ether oxygens (including phenoxy) is 2. The molecule has 1 atom stereocenters. The highest BCUT2D eigenvalue weighted by molar-refractivity contribution is 5.27. The van der Waals surface area contributed by atoms with Crippen molar-refractivity contribution >= 4 is 0 Å². The van der Waals surface area contributed by atoms with Gasteiger partial charge >= 0.3 is 0 Å². The lowest BCUT2D eigenvalue weighted by atomic mass is 10.1. The Hall–Kier alpha value is -1.10. The SMILES string of the molecule is COc1ccc(CN(CC(O)COCC(C)C)C(C)C)cc1. The molecule has 1 N–H and O–H groups in total. The molecule has 0 bridgehead atoms. The maximum absolute atomic E-state index is 10.2. The molecule has 1 aromatic rings. The molecule has 1 aromatic carbocycles. The Bertz CT molecular complexity index is 403. The third-order valence-corrected chi connectivity index (χ3v) is 3.48. The molecule has 0 radical (unpaired) electrons. The molecule has 0 fully saturated rings. The van der Waals surface area contributed by atoms with Crippen LogP contribution in [0.15, 0.2) is 24.3 Å². The molecule has 1 rings (SSSR count). The minimum Gasteiger partial charge on any atom is -0.497 e. The van der Waals surface area contributed by atoms with E-state index >= 15 is 0 Å². The fraction of sp³-hybridized carbons (Fsp3) is 0.667. The minimum atomic E-state index is -0.459.